The third-order valence-electron chi connectivity index (χ3n) is 2.29. The van der Waals surface area contributed by atoms with Crippen LogP contribution in [0, 0.1) is 6.07 Å². The molecular weight excluding hydrogens is 192 g/mol. The Labute approximate surface area is 86.6 Å². The lowest BCUT2D eigenvalue weighted by Gasteiger charge is -2.02. The van der Waals surface area contributed by atoms with Gasteiger partial charge in [0.25, 0.3) is 0 Å². The summed E-state index contributed by atoms with van der Waals surface area (Å²) in [6, 6.07) is 11.4. The molecule has 0 saturated carbocycles. The molecule has 0 unspecified atom stereocenters. The minimum atomic E-state index is 0.937. The number of nitrogens with zero attached hydrogens (tertiary/aromatic N) is 2. The average molecular weight is 201 g/mol. The summed E-state index contributed by atoms with van der Waals surface area (Å²) in [6.07, 6.45) is 2.07. The van der Waals surface area contributed by atoms with Crippen LogP contribution >= 0.6 is 11.8 Å². The van der Waals surface area contributed by atoms with Gasteiger partial charge in [-0.2, -0.15) is 0 Å². The first-order valence-corrected chi connectivity index (χ1v) is 5.59. The molecule has 0 fully saturated rings. The molecule has 1 aliphatic rings. The molecule has 2 nitrogen and oxygen atoms in total. The van der Waals surface area contributed by atoms with Gasteiger partial charge in [-0.3, -0.25) is 9.56 Å². The number of thioether (sulfide) groups is 1. The largest absolute Gasteiger partial charge is 0.295 e. The van der Waals surface area contributed by atoms with E-state index in [4.69, 9.17) is 0 Å². The summed E-state index contributed by atoms with van der Waals surface area (Å²) in [7, 11) is 0. The molecule has 14 heavy (non-hydrogen) atoms. The number of benzene rings is 1. The lowest BCUT2D eigenvalue weighted by atomic mass is 10.2. The molecule has 3 rings (SSSR count). The Hall–Kier alpha value is -1.22. The summed E-state index contributed by atoms with van der Waals surface area (Å²) in [4.78, 5) is 4.45. The second-order valence-electron chi connectivity index (χ2n) is 3.17. The summed E-state index contributed by atoms with van der Waals surface area (Å²) >= 11 is 1.81. The van der Waals surface area contributed by atoms with Crippen LogP contribution < -0.4 is 0 Å². The predicted octanol–water partition coefficient (Wildman–Crippen LogP) is 2.39. The maximum absolute atomic E-state index is 4.45. The van der Waals surface area contributed by atoms with Gasteiger partial charge in [-0.05, 0) is 6.07 Å². The summed E-state index contributed by atoms with van der Waals surface area (Å²) in [6.45, 7) is 0.937. The molecular formula is C11H9N2S. The van der Waals surface area contributed by atoms with E-state index in [1.807, 2.05) is 23.9 Å². The van der Waals surface area contributed by atoms with Crippen LogP contribution in [-0.2, 0) is 0 Å². The van der Waals surface area contributed by atoms with Crippen molar-refractivity contribution in [3.05, 3.63) is 36.5 Å². The summed E-state index contributed by atoms with van der Waals surface area (Å²) in [5.74, 6) is 1.10. The van der Waals surface area contributed by atoms with Gasteiger partial charge in [-0.25, -0.2) is 0 Å². The van der Waals surface area contributed by atoms with Crippen LogP contribution in [0.2, 0.25) is 0 Å². The van der Waals surface area contributed by atoms with Crippen LogP contribution in [0.1, 0.15) is 0 Å². The molecule has 0 atom stereocenters. The number of hydrogen-bond donors (Lipinski definition) is 0. The van der Waals surface area contributed by atoms with Crippen LogP contribution in [0.15, 0.2) is 35.5 Å². The van der Waals surface area contributed by atoms with E-state index in [0.717, 1.165) is 23.0 Å². The number of para-hydroxylation sites is 1. The van der Waals surface area contributed by atoms with E-state index >= 15 is 0 Å². The quantitative estimate of drug-likeness (QED) is 0.639. The second-order valence-corrected chi connectivity index (χ2v) is 4.23. The van der Waals surface area contributed by atoms with Crippen molar-refractivity contribution in [3.8, 4) is 0 Å². The fraction of sp³-hybridized carbons (Fsp3) is 0.182. The molecule has 0 saturated heterocycles. The highest BCUT2D eigenvalue weighted by molar-refractivity contribution is 8.14. The Balaban J connectivity index is 2.21. The Bertz CT molecular complexity index is 499. The normalized spacial score (nSPS) is 16.1. The molecule has 1 aliphatic heterocycles. The molecule has 0 aliphatic carbocycles. The Morgan fingerprint density at radius 2 is 2.43 bits per heavy atom. The minimum absolute atomic E-state index is 0.937. The fourth-order valence-electron chi connectivity index (χ4n) is 1.64. The molecule has 1 aromatic heterocycles. The molecule has 0 amide bonds. The van der Waals surface area contributed by atoms with Gasteiger partial charge < -0.3 is 0 Å². The molecule has 0 N–H and O–H groups in total. The molecule has 69 valence electrons. The van der Waals surface area contributed by atoms with Crippen molar-refractivity contribution in [1.82, 2.24) is 4.57 Å². The zero-order chi connectivity index (χ0) is 9.38. The number of fused-ring (bicyclic) bond motifs is 1. The van der Waals surface area contributed by atoms with Gasteiger partial charge in [0.15, 0.2) is 5.17 Å². The van der Waals surface area contributed by atoms with E-state index in [9.17, 15) is 0 Å². The number of aromatic nitrogens is 1. The second kappa shape index (κ2) is 3.17. The van der Waals surface area contributed by atoms with E-state index in [2.05, 4.69) is 34.0 Å². The highest BCUT2D eigenvalue weighted by Crippen LogP contribution is 2.20. The van der Waals surface area contributed by atoms with Crippen LogP contribution in [0.5, 0.6) is 0 Å². The van der Waals surface area contributed by atoms with Gasteiger partial charge >= 0.3 is 0 Å². The van der Waals surface area contributed by atoms with Crippen molar-refractivity contribution in [3.63, 3.8) is 0 Å². The van der Waals surface area contributed by atoms with E-state index < -0.39 is 0 Å². The Kier molecular flexibility index (Phi) is 1.84. The van der Waals surface area contributed by atoms with E-state index in [0.29, 0.717) is 0 Å². The third-order valence-corrected chi connectivity index (χ3v) is 3.26. The first-order valence-electron chi connectivity index (χ1n) is 4.60. The maximum atomic E-state index is 4.45. The third kappa shape index (κ3) is 1.16. The molecule has 2 aromatic rings. The zero-order valence-electron chi connectivity index (χ0n) is 7.60. The minimum Gasteiger partial charge on any atom is -0.295 e. The molecule has 1 aromatic carbocycles. The molecule has 0 bridgehead atoms. The van der Waals surface area contributed by atoms with Crippen LogP contribution in [0.4, 0.5) is 0 Å². The number of rotatable bonds is 0. The van der Waals surface area contributed by atoms with Crippen molar-refractivity contribution in [2.75, 3.05) is 12.3 Å². The van der Waals surface area contributed by atoms with Gasteiger partial charge in [0, 0.05) is 23.4 Å². The average Bonchev–Trinajstić information content (AvgIpc) is 2.85. The lowest BCUT2D eigenvalue weighted by molar-refractivity contribution is 1.14. The van der Waals surface area contributed by atoms with Crippen LogP contribution in [0.3, 0.4) is 0 Å². The van der Waals surface area contributed by atoms with Crippen molar-refractivity contribution < 1.29 is 0 Å². The maximum Gasteiger partial charge on any atom is 0.168 e. The molecule has 1 radical (unpaired) electrons. The van der Waals surface area contributed by atoms with Crippen molar-refractivity contribution in [2.45, 2.75) is 0 Å². The fourth-order valence-corrected chi connectivity index (χ4v) is 2.48. The van der Waals surface area contributed by atoms with Gasteiger partial charge in [-0.15, -0.1) is 0 Å². The van der Waals surface area contributed by atoms with Crippen LogP contribution in [-0.4, -0.2) is 22.0 Å². The van der Waals surface area contributed by atoms with E-state index in [1.54, 1.807) is 0 Å². The van der Waals surface area contributed by atoms with Crippen molar-refractivity contribution >= 4 is 27.8 Å². The Morgan fingerprint density at radius 1 is 1.43 bits per heavy atom. The predicted molar refractivity (Wildman–Crippen MR) is 60.9 cm³/mol. The van der Waals surface area contributed by atoms with E-state index in [-0.39, 0.29) is 0 Å². The summed E-state index contributed by atoms with van der Waals surface area (Å²) < 4.78 is 2.12. The van der Waals surface area contributed by atoms with Gasteiger partial charge in [0.05, 0.1) is 12.1 Å². The van der Waals surface area contributed by atoms with Crippen molar-refractivity contribution in [2.24, 2.45) is 4.99 Å². The van der Waals surface area contributed by atoms with Gasteiger partial charge in [0.1, 0.15) is 0 Å². The number of aliphatic imine (C=N–C) groups is 1. The van der Waals surface area contributed by atoms with E-state index in [1.165, 1.54) is 5.39 Å². The topological polar surface area (TPSA) is 17.3 Å². The summed E-state index contributed by atoms with van der Waals surface area (Å²) in [5.41, 5.74) is 1.13. The first-order chi connectivity index (χ1) is 6.95. The van der Waals surface area contributed by atoms with Gasteiger partial charge in [0.2, 0.25) is 0 Å². The number of hydrogen-bond acceptors (Lipinski definition) is 2. The smallest absolute Gasteiger partial charge is 0.168 e. The standard InChI is InChI=1S/C11H9N2S/c1-2-4-10-9(3-1)5-7-13(10)11-12-6-8-14-11/h1-3,5,7H,6,8H2. The van der Waals surface area contributed by atoms with Crippen molar-refractivity contribution in [1.29, 1.82) is 0 Å². The zero-order valence-corrected chi connectivity index (χ0v) is 8.42. The molecule has 0 spiro atoms. The lowest BCUT2D eigenvalue weighted by Crippen LogP contribution is -2.02. The molecule has 3 heteroatoms. The van der Waals surface area contributed by atoms with Crippen LogP contribution in [0.25, 0.3) is 10.9 Å². The Morgan fingerprint density at radius 3 is 3.29 bits per heavy atom. The SMILES string of the molecule is [c]1cccc2ccn(C3=NCCS3)c12. The van der Waals surface area contributed by atoms with Gasteiger partial charge in [-0.1, -0.05) is 30.0 Å². The molecule has 2 heterocycles. The highest BCUT2D eigenvalue weighted by atomic mass is 32.2. The monoisotopic (exact) mass is 201 g/mol. The summed E-state index contributed by atoms with van der Waals surface area (Å²) in [5, 5.41) is 2.32. The highest BCUT2D eigenvalue weighted by Gasteiger charge is 2.11. The first kappa shape index (κ1) is 8.12.